The highest BCUT2D eigenvalue weighted by Crippen LogP contribution is 2.41. The molecule has 1 unspecified atom stereocenters. The maximum atomic E-state index is 13.6. The predicted octanol–water partition coefficient (Wildman–Crippen LogP) is 6.12. The van der Waals surface area contributed by atoms with Crippen LogP contribution in [0.2, 0.25) is 0 Å². The van der Waals surface area contributed by atoms with Gasteiger partial charge in [-0.1, -0.05) is 50.1 Å². The van der Waals surface area contributed by atoms with Gasteiger partial charge in [-0.25, -0.2) is 0 Å². The van der Waals surface area contributed by atoms with Crippen molar-refractivity contribution in [2.45, 2.75) is 56.5 Å². The highest BCUT2D eigenvalue weighted by atomic mass is 19.4. The molecule has 2 aromatic rings. The number of hydrogen-bond acceptors (Lipinski definition) is 2. The topological polar surface area (TPSA) is 41.1 Å². The Labute approximate surface area is 182 Å². The molecule has 3 nitrogen and oxygen atoms in total. The minimum absolute atomic E-state index is 0.0118. The Morgan fingerprint density at radius 3 is 2.12 bits per heavy atom. The Kier molecular flexibility index (Phi) is 6.88. The standard InChI is InChI=1S/C23H24F6N2O/c1-2-30-21(12-6-7-13-21)19(15-8-4-3-5-9-15)31-20(32)17-11-10-16(22(24,25)26)14-18(17)23(27,28)29/h3-5,8-11,14,19,30H,2,6-7,12-13H2,1H3,(H,31,32). The molecule has 1 aliphatic rings. The molecular weight excluding hydrogens is 434 g/mol. The van der Waals surface area contributed by atoms with Crippen LogP contribution in [0.5, 0.6) is 0 Å². The number of halogens is 6. The van der Waals surface area contributed by atoms with Gasteiger partial charge in [0.1, 0.15) is 0 Å². The number of likely N-dealkylation sites (N-methyl/N-ethyl adjacent to an activating group) is 1. The van der Waals surface area contributed by atoms with Crippen molar-refractivity contribution in [2.24, 2.45) is 0 Å². The summed E-state index contributed by atoms with van der Waals surface area (Å²) in [6.45, 7) is 2.49. The molecule has 0 aliphatic heterocycles. The molecule has 32 heavy (non-hydrogen) atoms. The summed E-state index contributed by atoms with van der Waals surface area (Å²) in [6.07, 6.45) is -6.89. The molecule has 0 aromatic heterocycles. The summed E-state index contributed by atoms with van der Waals surface area (Å²) in [5, 5.41) is 6.11. The molecule has 9 heteroatoms. The number of rotatable bonds is 6. The minimum atomic E-state index is -5.12. The van der Waals surface area contributed by atoms with Crippen LogP contribution in [0.4, 0.5) is 26.3 Å². The molecular formula is C23H24F6N2O. The van der Waals surface area contributed by atoms with Crippen molar-refractivity contribution in [2.75, 3.05) is 6.54 Å². The number of alkyl halides is 6. The average Bonchev–Trinajstić information content (AvgIpc) is 3.20. The maximum absolute atomic E-state index is 13.6. The SMILES string of the molecule is CCNC1(C(NC(=O)c2ccc(C(F)(F)F)cc2C(F)(F)F)c2ccccc2)CCCC1. The fraction of sp³-hybridized carbons (Fsp3) is 0.435. The average molecular weight is 458 g/mol. The second-order valence-electron chi connectivity index (χ2n) is 7.97. The lowest BCUT2D eigenvalue weighted by molar-refractivity contribution is -0.143. The second kappa shape index (κ2) is 9.13. The van der Waals surface area contributed by atoms with Gasteiger partial charge in [0.15, 0.2) is 0 Å². The zero-order valence-electron chi connectivity index (χ0n) is 17.4. The largest absolute Gasteiger partial charge is 0.417 e. The van der Waals surface area contributed by atoms with E-state index in [0.717, 1.165) is 12.8 Å². The van der Waals surface area contributed by atoms with Crippen LogP contribution in [0.15, 0.2) is 48.5 Å². The number of amides is 1. The molecule has 0 saturated heterocycles. The van der Waals surface area contributed by atoms with Gasteiger partial charge in [0.25, 0.3) is 5.91 Å². The van der Waals surface area contributed by atoms with E-state index in [9.17, 15) is 31.1 Å². The van der Waals surface area contributed by atoms with Gasteiger partial charge in [-0.05, 0) is 43.1 Å². The summed E-state index contributed by atoms with van der Waals surface area (Å²) in [5.74, 6) is -1.07. The Morgan fingerprint density at radius 2 is 1.59 bits per heavy atom. The predicted molar refractivity (Wildman–Crippen MR) is 108 cm³/mol. The Balaban J connectivity index is 2.03. The van der Waals surface area contributed by atoms with Crippen LogP contribution in [-0.4, -0.2) is 18.0 Å². The van der Waals surface area contributed by atoms with E-state index in [0.29, 0.717) is 37.1 Å². The van der Waals surface area contributed by atoms with E-state index in [1.165, 1.54) is 0 Å². The summed E-state index contributed by atoms with van der Waals surface area (Å²) in [4.78, 5) is 13.0. The monoisotopic (exact) mass is 458 g/mol. The molecule has 1 atom stereocenters. The third-order valence-electron chi connectivity index (χ3n) is 5.88. The molecule has 0 spiro atoms. The Hall–Kier alpha value is -2.55. The van der Waals surface area contributed by atoms with E-state index in [1.54, 1.807) is 30.3 Å². The van der Waals surface area contributed by atoms with Gasteiger partial charge in [-0.15, -0.1) is 0 Å². The zero-order valence-corrected chi connectivity index (χ0v) is 17.4. The van der Waals surface area contributed by atoms with E-state index in [4.69, 9.17) is 0 Å². The summed E-state index contributed by atoms with van der Waals surface area (Å²) in [5.41, 5.74) is -3.75. The molecule has 0 radical (unpaired) electrons. The van der Waals surface area contributed by atoms with E-state index >= 15 is 0 Å². The lowest BCUT2D eigenvalue weighted by Gasteiger charge is -2.39. The molecule has 0 heterocycles. The quantitative estimate of drug-likeness (QED) is 0.513. The molecule has 3 rings (SSSR count). The number of carbonyl (C=O) groups is 1. The van der Waals surface area contributed by atoms with Gasteiger partial charge in [-0.3, -0.25) is 4.79 Å². The van der Waals surface area contributed by atoms with Gasteiger partial charge in [-0.2, -0.15) is 26.3 Å². The summed E-state index contributed by atoms with van der Waals surface area (Å²) >= 11 is 0. The van der Waals surface area contributed by atoms with Gasteiger partial charge in [0.05, 0.1) is 22.7 Å². The molecule has 2 aromatic carbocycles. The molecule has 174 valence electrons. The van der Waals surface area contributed by atoms with Gasteiger partial charge in [0.2, 0.25) is 0 Å². The van der Waals surface area contributed by atoms with Crippen molar-refractivity contribution in [1.82, 2.24) is 10.6 Å². The lowest BCUT2D eigenvalue weighted by Crippen LogP contribution is -2.54. The number of hydrogen-bond donors (Lipinski definition) is 2. The molecule has 1 amide bonds. The Morgan fingerprint density at radius 1 is 0.969 bits per heavy atom. The van der Waals surface area contributed by atoms with Crippen LogP contribution >= 0.6 is 0 Å². The van der Waals surface area contributed by atoms with Crippen LogP contribution in [-0.2, 0) is 12.4 Å². The first-order valence-electron chi connectivity index (χ1n) is 10.4. The summed E-state index contributed by atoms with van der Waals surface area (Å²) in [6, 6.07) is 9.30. The first-order valence-corrected chi connectivity index (χ1v) is 10.4. The van der Waals surface area contributed by atoms with Crippen molar-refractivity contribution in [3.63, 3.8) is 0 Å². The van der Waals surface area contributed by atoms with Crippen LogP contribution in [0.1, 0.15) is 65.7 Å². The van der Waals surface area contributed by atoms with Crippen molar-refractivity contribution in [3.8, 4) is 0 Å². The lowest BCUT2D eigenvalue weighted by atomic mass is 9.83. The highest BCUT2D eigenvalue weighted by molar-refractivity contribution is 5.96. The van der Waals surface area contributed by atoms with E-state index < -0.39 is 46.5 Å². The fourth-order valence-electron chi connectivity index (χ4n) is 4.47. The molecule has 1 saturated carbocycles. The van der Waals surface area contributed by atoms with Crippen molar-refractivity contribution >= 4 is 5.91 Å². The minimum Gasteiger partial charge on any atom is -0.343 e. The van der Waals surface area contributed by atoms with Gasteiger partial charge >= 0.3 is 12.4 Å². The van der Waals surface area contributed by atoms with Gasteiger partial charge < -0.3 is 10.6 Å². The smallest absolute Gasteiger partial charge is 0.343 e. The van der Waals surface area contributed by atoms with E-state index in [-0.39, 0.29) is 6.07 Å². The van der Waals surface area contributed by atoms with Crippen molar-refractivity contribution in [1.29, 1.82) is 0 Å². The first kappa shape index (κ1) is 24.1. The maximum Gasteiger partial charge on any atom is 0.417 e. The fourth-order valence-corrected chi connectivity index (χ4v) is 4.47. The number of carbonyl (C=O) groups excluding carboxylic acids is 1. The van der Waals surface area contributed by atoms with Crippen molar-refractivity contribution < 1.29 is 31.1 Å². The number of nitrogens with one attached hydrogen (secondary N) is 2. The molecule has 2 N–H and O–H groups in total. The molecule has 1 fully saturated rings. The van der Waals surface area contributed by atoms with Crippen LogP contribution < -0.4 is 10.6 Å². The summed E-state index contributed by atoms with van der Waals surface area (Å²) < 4.78 is 79.7. The normalized spacial score (nSPS) is 17.2. The van der Waals surface area contributed by atoms with Crippen LogP contribution in [0, 0.1) is 0 Å². The third kappa shape index (κ3) is 5.09. The highest BCUT2D eigenvalue weighted by Gasteiger charge is 2.44. The zero-order chi connectivity index (χ0) is 23.6. The Bertz CT molecular complexity index is 934. The molecule has 0 bridgehead atoms. The second-order valence-corrected chi connectivity index (χ2v) is 7.97. The van der Waals surface area contributed by atoms with Crippen molar-refractivity contribution in [3.05, 3.63) is 70.8 Å². The van der Waals surface area contributed by atoms with E-state index in [1.807, 2.05) is 6.92 Å². The van der Waals surface area contributed by atoms with Gasteiger partial charge in [0, 0.05) is 5.54 Å². The van der Waals surface area contributed by atoms with Crippen LogP contribution in [0.3, 0.4) is 0 Å². The third-order valence-corrected chi connectivity index (χ3v) is 5.88. The van der Waals surface area contributed by atoms with Crippen LogP contribution in [0.25, 0.3) is 0 Å². The first-order chi connectivity index (χ1) is 15.0. The summed E-state index contributed by atoms with van der Waals surface area (Å²) in [7, 11) is 0. The molecule has 1 aliphatic carbocycles. The number of benzene rings is 2. The van der Waals surface area contributed by atoms with E-state index in [2.05, 4.69) is 10.6 Å².